The van der Waals surface area contributed by atoms with E-state index in [9.17, 15) is 17.2 Å². The van der Waals surface area contributed by atoms with Gasteiger partial charge in [-0.3, -0.25) is 5.10 Å². The fourth-order valence-corrected chi connectivity index (χ4v) is 3.41. The van der Waals surface area contributed by atoms with Gasteiger partial charge in [-0.05, 0) is 41.4 Å². The van der Waals surface area contributed by atoms with Crippen LogP contribution >= 0.6 is 23.2 Å². The molecule has 0 fully saturated rings. The minimum atomic E-state index is -3.66. The normalized spacial score (nSPS) is 12.3. The molecule has 0 aliphatic heterocycles. The predicted molar refractivity (Wildman–Crippen MR) is 97.3 cm³/mol. The maximum atomic E-state index is 13.8. The molecule has 3 rings (SSSR count). The standard InChI is InChI=1S/C17H12Cl2F2N2O2S/c1-26(24,25)13-8-4-11(5-9-13)15-14(10-2-6-12(18)7-3-10)16(23-22-15)17(19,20)21/h2-9H,1H3,(H,22,23). The fraction of sp³-hybridized carbons (Fsp3) is 0.118. The van der Waals surface area contributed by atoms with E-state index < -0.39 is 20.9 Å². The smallest absolute Gasteiger partial charge is 0.274 e. The van der Waals surface area contributed by atoms with Gasteiger partial charge in [-0.15, -0.1) is 0 Å². The van der Waals surface area contributed by atoms with Crippen LogP contribution in [-0.4, -0.2) is 24.9 Å². The first-order valence-corrected chi connectivity index (χ1v) is 9.94. The van der Waals surface area contributed by atoms with Gasteiger partial charge in [0.1, 0.15) is 11.4 Å². The second-order valence-corrected chi connectivity index (χ2v) is 8.55. The quantitative estimate of drug-likeness (QED) is 0.602. The van der Waals surface area contributed by atoms with Crippen molar-refractivity contribution >= 4 is 33.0 Å². The molecule has 1 aromatic heterocycles. The summed E-state index contributed by atoms with van der Waals surface area (Å²) in [5, 5.41) is 3.05. The summed E-state index contributed by atoms with van der Waals surface area (Å²) in [6.07, 6.45) is 1.09. The molecular formula is C17H12Cl2F2N2O2S. The summed E-state index contributed by atoms with van der Waals surface area (Å²) >= 11 is 11.1. The Hall–Kier alpha value is -1.96. The van der Waals surface area contributed by atoms with Crippen LogP contribution in [0.1, 0.15) is 5.69 Å². The van der Waals surface area contributed by atoms with E-state index in [4.69, 9.17) is 23.2 Å². The molecule has 0 saturated carbocycles. The maximum Gasteiger partial charge on any atom is 0.364 e. The van der Waals surface area contributed by atoms with Crippen LogP contribution in [0.15, 0.2) is 53.4 Å². The van der Waals surface area contributed by atoms with Gasteiger partial charge in [-0.25, -0.2) is 8.42 Å². The summed E-state index contributed by atoms with van der Waals surface area (Å²) in [5.74, 6) is 0. The molecule has 1 N–H and O–H groups in total. The lowest BCUT2D eigenvalue weighted by Gasteiger charge is -2.10. The number of alkyl halides is 3. The monoisotopic (exact) mass is 416 g/mol. The van der Waals surface area contributed by atoms with E-state index in [1.807, 2.05) is 0 Å². The number of aromatic nitrogens is 2. The molecule has 0 unspecified atom stereocenters. The van der Waals surface area contributed by atoms with Crippen molar-refractivity contribution < 1.29 is 17.2 Å². The van der Waals surface area contributed by atoms with Crippen molar-refractivity contribution in [2.45, 2.75) is 10.3 Å². The van der Waals surface area contributed by atoms with E-state index in [0.29, 0.717) is 16.1 Å². The molecule has 0 saturated heterocycles. The number of rotatable bonds is 4. The molecule has 0 radical (unpaired) electrons. The Morgan fingerprint density at radius 1 is 1.00 bits per heavy atom. The molecule has 0 aliphatic carbocycles. The number of aromatic amines is 1. The van der Waals surface area contributed by atoms with Crippen molar-refractivity contribution in [2.75, 3.05) is 6.26 Å². The minimum Gasteiger partial charge on any atom is -0.274 e. The lowest BCUT2D eigenvalue weighted by atomic mass is 9.99. The highest BCUT2D eigenvalue weighted by Gasteiger charge is 2.35. The van der Waals surface area contributed by atoms with Gasteiger partial charge in [-0.1, -0.05) is 35.9 Å². The number of sulfone groups is 1. The number of nitrogens with zero attached hydrogens (tertiary/aromatic N) is 1. The topological polar surface area (TPSA) is 62.8 Å². The highest BCUT2D eigenvalue weighted by Crippen LogP contribution is 2.42. The second-order valence-electron chi connectivity index (χ2n) is 5.62. The molecule has 0 atom stereocenters. The van der Waals surface area contributed by atoms with Crippen LogP contribution in [0, 0.1) is 0 Å². The zero-order chi connectivity index (χ0) is 19.1. The van der Waals surface area contributed by atoms with Crippen LogP contribution < -0.4 is 0 Å². The second kappa shape index (κ2) is 6.64. The first kappa shape index (κ1) is 18.8. The van der Waals surface area contributed by atoms with Crippen LogP contribution in [-0.2, 0) is 15.2 Å². The van der Waals surface area contributed by atoms with E-state index in [1.54, 1.807) is 24.3 Å². The Bertz CT molecular complexity index is 1040. The summed E-state index contributed by atoms with van der Waals surface area (Å²) in [4.78, 5) is 0.118. The SMILES string of the molecule is CS(=O)(=O)c1ccc(-c2n[nH]c(C(F)(F)Cl)c2-c2ccc(Cl)cc2)cc1. The van der Waals surface area contributed by atoms with Crippen molar-refractivity contribution in [3.63, 3.8) is 0 Å². The molecule has 136 valence electrons. The zero-order valence-electron chi connectivity index (χ0n) is 13.3. The first-order chi connectivity index (χ1) is 12.1. The van der Waals surface area contributed by atoms with Gasteiger partial charge in [0, 0.05) is 22.4 Å². The average molecular weight is 417 g/mol. The highest BCUT2D eigenvalue weighted by atomic mass is 35.5. The van der Waals surface area contributed by atoms with Crippen molar-refractivity contribution in [3.05, 3.63) is 59.2 Å². The van der Waals surface area contributed by atoms with Crippen LogP contribution in [0.2, 0.25) is 5.02 Å². The van der Waals surface area contributed by atoms with Gasteiger partial charge in [0.2, 0.25) is 0 Å². The summed E-state index contributed by atoms with van der Waals surface area (Å²) < 4.78 is 50.8. The zero-order valence-corrected chi connectivity index (χ0v) is 15.6. The minimum absolute atomic E-state index is 0.118. The van der Waals surface area contributed by atoms with E-state index in [0.717, 1.165) is 6.26 Å². The number of halogens is 4. The molecule has 0 bridgehead atoms. The molecule has 3 aromatic rings. The van der Waals surface area contributed by atoms with Crippen molar-refractivity contribution in [2.24, 2.45) is 0 Å². The fourth-order valence-electron chi connectivity index (χ4n) is 2.51. The maximum absolute atomic E-state index is 13.8. The number of hydrogen-bond acceptors (Lipinski definition) is 3. The molecule has 9 heteroatoms. The summed E-state index contributed by atoms with van der Waals surface area (Å²) in [7, 11) is -3.37. The summed E-state index contributed by atoms with van der Waals surface area (Å²) in [6.45, 7) is 0. The highest BCUT2D eigenvalue weighted by molar-refractivity contribution is 7.90. The van der Waals surface area contributed by atoms with E-state index in [2.05, 4.69) is 10.2 Å². The Morgan fingerprint density at radius 3 is 2.04 bits per heavy atom. The van der Waals surface area contributed by atoms with Crippen molar-refractivity contribution in [1.82, 2.24) is 10.2 Å². The van der Waals surface area contributed by atoms with Crippen LogP contribution in [0.5, 0.6) is 0 Å². The first-order valence-electron chi connectivity index (χ1n) is 7.29. The molecule has 0 amide bonds. The third kappa shape index (κ3) is 3.75. The van der Waals surface area contributed by atoms with Gasteiger partial charge in [0.15, 0.2) is 9.84 Å². The molecule has 0 aliphatic rings. The Morgan fingerprint density at radius 2 is 1.54 bits per heavy atom. The molecule has 1 heterocycles. The third-order valence-corrected chi connectivity index (χ3v) is 5.31. The van der Waals surface area contributed by atoms with Crippen LogP contribution in [0.25, 0.3) is 22.4 Å². The number of nitrogens with one attached hydrogen (secondary N) is 1. The van der Waals surface area contributed by atoms with Gasteiger partial charge in [0.05, 0.1) is 4.90 Å². The van der Waals surface area contributed by atoms with Crippen molar-refractivity contribution in [1.29, 1.82) is 0 Å². The van der Waals surface area contributed by atoms with E-state index in [-0.39, 0.29) is 16.2 Å². The lowest BCUT2D eigenvalue weighted by Crippen LogP contribution is -2.05. The molecule has 2 aromatic carbocycles. The number of H-pyrrole nitrogens is 1. The largest absolute Gasteiger partial charge is 0.364 e. The van der Waals surface area contributed by atoms with Gasteiger partial charge >= 0.3 is 5.38 Å². The Kier molecular flexibility index (Phi) is 4.81. The van der Waals surface area contributed by atoms with Gasteiger partial charge < -0.3 is 0 Å². The number of hydrogen-bond donors (Lipinski definition) is 1. The van der Waals surface area contributed by atoms with Gasteiger partial charge in [-0.2, -0.15) is 13.9 Å². The summed E-state index contributed by atoms with van der Waals surface area (Å²) in [5.41, 5.74) is 0.701. The Balaban J connectivity index is 2.19. The molecule has 4 nitrogen and oxygen atoms in total. The molecule has 0 spiro atoms. The third-order valence-electron chi connectivity index (χ3n) is 3.74. The van der Waals surface area contributed by atoms with E-state index in [1.165, 1.54) is 24.3 Å². The molecular weight excluding hydrogens is 405 g/mol. The number of benzene rings is 2. The van der Waals surface area contributed by atoms with Crippen LogP contribution in [0.4, 0.5) is 8.78 Å². The van der Waals surface area contributed by atoms with E-state index >= 15 is 0 Å². The summed E-state index contributed by atoms with van der Waals surface area (Å²) in [6, 6.07) is 12.1. The Labute approximate surface area is 158 Å². The predicted octanol–water partition coefficient (Wildman–Crippen LogP) is 5.09. The molecule has 26 heavy (non-hydrogen) atoms. The van der Waals surface area contributed by atoms with Crippen molar-refractivity contribution in [3.8, 4) is 22.4 Å². The lowest BCUT2D eigenvalue weighted by molar-refractivity contribution is 0.0905. The van der Waals surface area contributed by atoms with Crippen LogP contribution in [0.3, 0.4) is 0 Å². The van der Waals surface area contributed by atoms with Gasteiger partial charge in [0.25, 0.3) is 0 Å². The average Bonchev–Trinajstić information content (AvgIpc) is 3.00.